The van der Waals surface area contributed by atoms with Gasteiger partial charge >= 0.3 is 0 Å². The number of nitrogens with one attached hydrogen (secondary N) is 1. The standard InChI is InChI=1S/C19H17N3O2S/c23-17-10-3-4-11-22(17)14-7-5-6-13(12-14)20-18(24)19-21-15-8-1-2-9-16(15)25-19/h1-2,5-9,12H,3-4,10-11H2,(H,20,24). The van der Waals surface area contributed by atoms with Crippen molar-refractivity contribution in [3.63, 3.8) is 0 Å². The number of carbonyl (C=O) groups is 2. The molecule has 0 saturated carbocycles. The highest BCUT2D eigenvalue weighted by Gasteiger charge is 2.20. The van der Waals surface area contributed by atoms with E-state index in [4.69, 9.17) is 0 Å². The van der Waals surface area contributed by atoms with Crippen LogP contribution in [-0.4, -0.2) is 23.3 Å². The van der Waals surface area contributed by atoms with Gasteiger partial charge in [-0.2, -0.15) is 0 Å². The lowest BCUT2D eigenvalue weighted by atomic mass is 10.1. The van der Waals surface area contributed by atoms with Gasteiger partial charge in [-0.3, -0.25) is 9.59 Å². The van der Waals surface area contributed by atoms with Crippen LogP contribution in [0.15, 0.2) is 48.5 Å². The Morgan fingerprint density at radius 3 is 2.84 bits per heavy atom. The number of para-hydroxylation sites is 1. The van der Waals surface area contributed by atoms with Crippen molar-refractivity contribution >= 4 is 44.7 Å². The summed E-state index contributed by atoms with van der Waals surface area (Å²) in [7, 11) is 0. The van der Waals surface area contributed by atoms with E-state index in [9.17, 15) is 9.59 Å². The van der Waals surface area contributed by atoms with Crippen LogP contribution in [0.25, 0.3) is 10.2 Å². The summed E-state index contributed by atoms with van der Waals surface area (Å²) in [6.45, 7) is 0.730. The van der Waals surface area contributed by atoms with Crippen LogP contribution in [0, 0.1) is 0 Å². The molecule has 1 aromatic heterocycles. The van der Waals surface area contributed by atoms with Crippen molar-refractivity contribution < 1.29 is 9.59 Å². The Bertz CT molecular complexity index is 918. The second-order valence-electron chi connectivity index (χ2n) is 5.99. The van der Waals surface area contributed by atoms with Crippen molar-refractivity contribution in [2.24, 2.45) is 0 Å². The van der Waals surface area contributed by atoms with Crippen molar-refractivity contribution in [1.29, 1.82) is 0 Å². The minimum absolute atomic E-state index is 0.140. The first-order chi connectivity index (χ1) is 12.2. The predicted molar refractivity (Wildman–Crippen MR) is 100 cm³/mol. The van der Waals surface area contributed by atoms with Gasteiger partial charge in [-0.1, -0.05) is 18.2 Å². The first-order valence-electron chi connectivity index (χ1n) is 8.28. The van der Waals surface area contributed by atoms with E-state index >= 15 is 0 Å². The molecular weight excluding hydrogens is 334 g/mol. The number of hydrogen-bond acceptors (Lipinski definition) is 4. The number of nitrogens with zero attached hydrogens (tertiary/aromatic N) is 2. The maximum Gasteiger partial charge on any atom is 0.284 e. The van der Waals surface area contributed by atoms with E-state index in [0.29, 0.717) is 17.1 Å². The Labute approximate surface area is 149 Å². The summed E-state index contributed by atoms with van der Waals surface area (Å²) in [5.74, 6) is -0.0933. The molecule has 1 fully saturated rings. The number of rotatable bonds is 3. The molecule has 0 radical (unpaired) electrons. The zero-order valence-electron chi connectivity index (χ0n) is 13.6. The first kappa shape index (κ1) is 15.8. The minimum atomic E-state index is -0.233. The average Bonchev–Trinajstić information content (AvgIpc) is 3.07. The molecular formula is C19H17N3O2S. The van der Waals surface area contributed by atoms with Gasteiger partial charge in [-0.25, -0.2) is 4.98 Å². The van der Waals surface area contributed by atoms with E-state index in [1.165, 1.54) is 11.3 Å². The fraction of sp³-hybridized carbons (Fsp3) is 0.211. The van der Waals surface area contributed by atoms with E-state index in [1.54, 1.807) is 4.90 Å². The molecule has 2 amide bonds. The van der Waals surface area contributed by atoms with Gasteiger partial charge in [0.2, 0.25) is 5.91 Å². The summed E-state index contributed by atoms with van der Waals surface area (Å²) < 4.78 is 0.986. The third kappa shape index (κ3) is 3.25. The third-order valence-corrected chi connectivity index (χ3v) is 5.26. The van der Waals surface area contributed by atoms with Crippen LogP contribution in [0.2, 0.25) is 0 Å². The van der Waals surface area contributed by atoms with Gasteiger partial charge in [-0.05, 0) is 43.2 Å². The molecule has 126 valence electrons. The van der Waals surface area contributed by atoms with E-state index in [-0.39, 0.29) is 11.8 Å². The number of amides is 2. The van der Waals surface area contributed by atoms with Crippen LogP contribution in [0.1, 0.15) is 29.1 Å². The van der Waals surface area contributed by atoms with Crippen molar-refractivity contribution in [3.8, 4) is 0 Å². The second-order valence-corrected chi connectivity index (χ2v) is 7.02. The molecule has 2 heterocycles. The lowest BCUT2D eigenvalue weighted by molar-refractivity contribution is -0.119. The second kappa shape index (κ2) is 6.64. The quantitative estimate of drug-likeness (QED) is 0.774. The van der Waals surface area contributed by atoms with Crippen molar-refractivity contribution in [2.75, 3.05) is 16.8 Å². The molecule has 25 heavy (non-hydrogen) atoms. The predicted octanol–water partition coefficient (Wildman–Crippen LogP) is 4.07. The van der Waals surface area contributed by atoms with Gasteiger partial charge in [0.15, 0.2) is 5.01 Å². The van der Waals surface area contributed by atoms with Crippen molar-refractivity contribution in [2.45, 2.75) is 19.3 Å². The van der Waals surface area contributed by atoms with E-state index < -0.39 is 0 Å². The number of anilines is 2. The lowest BCUT2D eigenvalue weighted by Gasteiger charge is -2.27. The molecule has 2 aromatic carbocycles. The Morgan fingerprint density at radius 2 is 2.00 bits per heavy atom. The summed E-state index contributed by atoms with van der Waals surface area (Å²) >= 11 is 1.37. The smallest absolute Gasteiger partial charge is 0.284 e. The molecule has 3 aromatic rings. The molecule has 0 atom stereocenters. The fourth-order valence-electron chi connectivity index (χ4n) is 2.98. The molecule has 1 aliphatic heterocycles. The number of piperidine rings is 1. The highest BCUT2D eigenvalue weighted by molar-refractivity contribution is 7.20. The topological polar surface area (TPSA) is 62.3 Å². The Hall–Kier alpha value is -2.73. The van der Waals surface area contributed by atoms with Gasteiger partial charge in [0.25, 0.3) is 5.91 Å². The molecule has 1 aliphatic rings. The molecule has 0 spiro atoms. The number of carbonyl (C=O) groups excluding carboxylic acids is 2. The monoisotopic (exact) mass is 351 g/mol. The summed E-state index contributed by atoms with van der Waals surface area (Å²) in [6, 6.07) is 15.1. The molecule has 1 saturated heterocycles. The van der Waals surface area contributed by atoms with Crippen LogP contribution < -0.4 is 10.2 Å². The largest absolute Gasteiger partial charge is 0.320 e. The number of fused-ring (bicyclic) bond motifs is 1. The highest BCUT2D eigenvalue weighted by atomic mass is 32.1. The van der Waals surface area contributed by atoms with Gasteiger partial charge in [0.1, 0.15) is 0 Å². The lowest BCUT2D eigenvalue weighted by Crippen LogP contribution is -2.35. The molecule has 5 nitrogen and oxygen atoms in total. The van der Waals surface area contributed by atoms with Crippen molar-refractivity contribution in [3.05, 3.63) is 53.5 Å². The Kier molecular flexibility index (Phi) is 4.19. The van der Waals surface area contributed by atoms with E-state index in [0.717, 1.165) is 35.3 Å². The normalized spacial score (nSPS) is 14.7. The van der Waals surface area contributed by atoms with Gasteiger partial charge in [0.05, 0.1) is 10.2 Å². The van der Waals surface area contributed by atoms with Crippen LogP contribution in [-0.2, 0) is 4.79 Å². The average molecular weight is 351 g/mol. The molecule has 0 bridgehead atoms. The van der Waals surface area contributed by atoms with Gasteiger partial charge < -0.3 is 10.2 Å². The first-order valence-corrected chi connectivity index (χ1v) is 9.10. The van der Waals surface area contributed by atoms with E-state index in [2.05, 4.69) is 10.3 Å². The zero-order valence-corrected chi connectivity index (χ0v) is 14.4. The number of aromatic nitrogens is 1. The maximum absolute atomic E-state index is 12.5. The third-order valence-electron chi connectivity index (χ3n) is 4.23. The number of benzene rings is 2. The Balaban J connectivity index is 1.55. The molecule has 0 aliphatic carbocycles. The van der Waals surface area contributed by atoms with Crippen LogP contribution >= 0.6 is 11.3 Å². The summed E-state index contributed by atoms with van der Waals surface area (Å²) in [4.78, 5) is 30.7. The summed E-state index contributed by atoms with van der Waals surface area (Å²) in [5, 5.41) is 3.32. The highest BCUT2D eigenvalue weighted by Crippen LogP contribution is 2.25. The zero-order chi connectivity index (χ0) is 17.2. The molecule has 6 heteroatoms. The SMILES string of the molecule is O=C(Nc1cccc(N2CCCCC2=O)c1)c1nc2ccccc2s1. The van der Waals surface area contributed by atoms with Gasteiger partial charge in [-0.15, -0.1) is 11.3 Å². The number of hydrogen-bond donors (Lipinski definition) is 1. The van der Waals surface area contributed by atoms with Crippen LogP contribution in [0.3, 0.4) is 0 Å². The Morgan fingerprint density at radius 1 is 1.12 bits per heavy atom. The van der Waals surface area contributed by atoms with E-state index in [1.807, 2.05) is 48.5 Å². The van der Waals surface area contributed by atoms with Crippen LogP contribution in [0.4, 0.5) is 11.4 Å². The number of thiazole rings is 1. The molecule has 1 N–H and O–H groups in total. The van der Waals surface area contributed by atoms with Gasteiger partial charge in [0, 0.05) is 24.3 Å². The fourth-order valence-corrected chi connectivity index (χ4v) is 3.85. The molecule has 0 unspecified atom stereocenters. The summed E-state index contributed by atoms with van der Waals surface area (Å²) in [5.41, 5.74) is 2.32. The summed E-state index contributed by atoms with van der Waals surface area (Å²) in [6.07, 6.45) is 2.54. The maximum atomic E-state index is 12.5. The minimum Gasteiger partial charge on any atom is -0.320 e. The molecule has 4 rings (SSSR count). The van der Waals surface area contributed by atoms with Crippen LogP contribution in [0.5, 0.6) is 0 Å². The van der Waals surface area contributed by atoms with Crippen molar-refractivity contribution in [1.82, 2.24) is 4.98 Å².